The minimum Gasteiger partial charge on any atom is -0.480 e. The van der Waals surface area contributed by atoms with Crippen LogP contribution in [-0.4, -0.2) is 38.5 Å². The molecular formula is C31H29FN4O4. The smallest absolute Gasteiger partial charge is 0.326 e. The van der Waals surface area contributed by atoms with Crippen molar-refractivity contribution in [2.45, 2.75) is 32.4 Å². The number of aliphatic carboxylic acids is 1. The number of allylic oxidation sites excluding steroid dienone is 1. The summed E-state index contributed by atoms with van der Waals surface area (Å²) in [4.78, 5) is 40.4. The summed E-state index contributed by atoms with van der Waals surface area (Å²) in [5, 5.41) is 12.1. The standard InChI is InChI=1S/C31H29FN4O4/c1-20-17-34-19-36(20)18-24(22-8-10-25(32)11-9-22)15-21-7-12-26(27(16-21)23-5-3-2-4-6-23)30(38)35-28(31(39)40)13-14-29(33)37/h2-12,15-17,19,28H,13-14,18H2,1H3,(H2,33,37)(H,35,38)(H,39,40)/b24-15-/t28-/m0/s1. The van der Waals surface area contributed by atoms with E-state index >= 15 is 0 Å². The number of carboxylic acid groups (broad SMARTS) is 1. The summed E-state index contributed by atoms with van der Waals surface area (Å²) in [6.07, 6.45) is 5.17. The lowest BCUT2D eigenvalue weighted by atomic mass is 9.94. The lowest BCUT2D eigenvalue weighted by Crippen LogP contribution is -2.41. The Balaban J connectivity index is 1.75. The molecule has 1 atom stereocenters. The van der Waals surface area contributed by atoms with Crippen molar-refractivity contribution in [1.82, 2.24) is 14.9 Å². The highest BCUT2D eigenvalue weighted by Gasteiger charge is 2.23. The summed E-state index contributed by atoms with van der Waals surface area (Å²) < 4.78 is 15.7. The van der Waals surface area contributed by atoms with Crippen molar-refractivity contribution < 1.29 is 23.9 Å². The molecule has 1 heterocycles. The Morgan fingerprint density at radius 3 is 2.42 bits per heavy atom. The largest absolute Gasteiger partial charge is 0.480 e. The van der Waals surface area contributed by atoms with Gasteiger partial charge in [-0.15, -0.1) is 0 Å². The van der Waals surface area contributed by atoms with Gasteiger partial charge in [0.1, 0.15) is 11.9 Å². The first-order valence-corrected chi connectivity index (χ1v) is 12.7. The second-order valence-corrected chi connectivity index (χ2v) is 9.38. The number of carbonyl (C=O) groups excluding carboxylic acids is 2. The molecule has 8 nitrogen and oxygen atoms in total. The fraction of sp³-hybridized carbons (Fsp3) is 0.161. The van der Waals surface area contributed by atoms with E-state index in [2.05, 4.69) is 10.3 Å². The number of benzene rings is 3. The highest BCUT2D eigenvalue weighted by atomic mass is 19.1. The van der Waals surface area contributed by atoms with Crippen molar-refractivity contribution in [3.05, 3.63) is 114 Å². The number of amides is 2. The van der Waals surface area contributed by atoms with Crippen LogP contribution in [0, 0.1) is 12.7 Å². The molecule has 0 aliphatic heterocycles. The van der Waals surface area contributed by atoms with Crippen molar-refractivity contribution in [1.29, 1.82) is 0 Å². The van der Waals surface area contributed by atoms with Gasteiger partial charge in [0.05, 0.1) is 6.33 Å². The molecule has 3 aromatic carbocycles. The van der Waals surface area contributed by atoms with Crippen molar-refractivity contribution in [3.63, 3.8) is 0 Å². The Morgan fingerprint density at radius 2 is 1.80 bits per heavy atom. The number of halogens is 1. The van der Waals surface area contributed by atoms with E-state index in [0.29, 0.717) is 12.1 Å². The van der Waals surface area contributed by atoms with Gasteiger partial charge in [-0.3, -0.25) is 9.59 Å². The fourth-order valence-corrected chi connectivity index (χ4v) is 4.31. The van der Waals surface area contributed by atoms with E-state index in [9.17, 15) is 23.9 Å². The van der Waals surface area contributed by atoms with Gasteiger partial charge in [-0.05, 0) is 71.5 Å². The fourth-order valence-electron chi connectivity index (χ4n) is 4.31. The second-order valence-electron chi connectivity index (χ2n) is 9.38. The first kappa shape index (κ1) is 28.0. The third kappa shape index (κ3) is 7.08. The number of aryl methyl sites for hydroxylation is 1. The molecule has 0 spiro atoms. The molecule has 0 fully saturated rings. The van der Waals surface area contributed by atoms with Crippen LogP contribution in [0.1, 0.15) is 40.0 Å². The number of nitrogens with one attached hydrogen (secondary N) is 1. The highest BCUT2D eigenvalue weighted by Crippen LogP contribution is 2.28. The maximum Gasteiger partial charge on any atom is 0.326 e. The highest BCUT2D eigenvalue weighted by molar-refractivity contribution is 6.03. The number of hydrogen-bond acceptors (Lipinski definition) is 4. The Bertz CT molecular complexity index is 1550. The molecule has 9 heteroatoms. The molecule has 4 rings (SSSR count). The van der Waals surface area contributed by atoms with Gasteiger partial charge in [-0.25, -0.2) is 14.2 Å². The Morgan fingerprint density at radius 1 is 1.07 bits per heavy atom. The van der Waals surface area contributed by atoms with Gasteiger partial charge in [0.2, 0.25) is 5.91 Å². The molecule has 40 heavy (non-hydrogen) atoms. The summed E-state index contributed by atoms with van der Waals surface area (Å²) in [7, 11) is 0. The zero-order chi connectivity index (χ0) is 28.6. The Labute approximate surface area is 231 Å². The van der Waals surface area contributed by atoms with Gasteiger partial charge in [-0.2, -0.15) is 0 Å². The zero-order valence-corrected chi connectivity index (χ0v) is 21.9. The van der Waals surface area contributed by atoms with Gasteiger partial charge in [-0.1, -0.05) is 48.5 Å². The molecule has 4 aromatic rings. The van der Waals surface area contributed by atoms with Crippen LogP contribution in [0.4, 0.5) is 4.39 Å². The number of rotatable bonds is 11. The first-order valence-electron chi connectivity index (χ1n) is 12.7. The van der Waals surface area contributed by atoms with E-state index in [4.69, 9.17) is 5.73 Å². The second kappa shape index (κ2) is 12.7. The van der Waals surface area contributed by atoms with E-state index < -0.39 is 23.8 Å². The number of carboxylic acids is 1. The topological polar surface area (TPSA) is 127 Å². The van der Waals surface area contributed by atoms with Crippen LogP contribution in [-0.2, 0) is 16.1 Å². The van der Waals surface area contributed by atoms with Crippen molar-refractivity contribution in [3.8, 4) is 11.1 Å². The average Bonchev–Trinajstić information content (AvgIpc) is 3.35. The number of nitrogens with zero attached hydrogens (tertiary/aromatic N) is 2. The normalized spacial score (nSPS) is 12.1. The van der Waals surface area contributed by atoms with E-state index in [1.165, 1.54) is 12.1 Å². The van der Waals surface area contributed by atoms with Crippen molar-refractivity contribution in [2.24, 2.45) is 5.73 Å². The van der Waals surface area contributed by atoms with Crippen LogP contribution in [0.5, 0.6) is 0 Å². The van der Waals surface area contributed by atoms with Gasteiger partial charge >= 0.3 is 5.97 Å². The Hall–Kier alpha value is -5.05. The summed E-state index contributed by atoms with van der Waals surface area (Å²) in [6.45, 7) is 2.44. The van der Waals surface area contributed by atoms with Gasteiger partial charge in [0, 0.05) is 30.4 Å². The molecule has 0 aliphatic carbocycles. The number of aromatic nitrogens is 2. The van der Waals surface area contributed by atoms with Crippen LogP contribution in [0.2, 0.25) is 0 Å². The molecule has 0 bridgehead atoms. The maximum atomic E-state index is 13.7. The third-order valence-electron chi connectivity index (χ3n) is 6.47. The number of carbonyl (C=O) groups is 3. The van der Waals surface area contributed by atoms with Crippen molar-refractivity contribution >= 4 is 29.4 Å². The molecule has 0 saturated carbocycles. The van der Waals surface area contributed by atoms with Crippen molar-refractivity contribution in [2.75, 3.05) is 0 Å². The molecular weight excluding hydrogens is 511 g/mol. The third-order valence-corrected chi connectivity index (χ3v) is 6.47. The van der Waals surface area contributed by atoms with Gasteiger partial charge < -0.3 is 20.7 Å². The van der Waals surface area contributed by atoms with E-state index in [1.807, 2.05) is 54.0 Å². The molecule has 0 aliphatic rings. The van der Waals surface area contributed by atoms with Gasteiger partial charge in [0.25, 0.3) is 5.91 Å². The van der Waals surface area contributed by atoms with Crippen LogP contribution >= 0.6 is 0 Å². The quantitative estimate of drug-likeness (QED) is 0.238. The number of nitrogens with two attached hydrogens (primary N) is 1. The van der Waals surface area contributed by atoms with Gasteiger partial charge in [0.15, 0.2) is 0 Å². The maximum absolute atomic E-state index is 13.7. The summed E-state index contributed by atoms with van der Waals surface area (Å²) in [6, 6.07) is 19.5. The lowest BCUT2D eigenvalue weighted by Gasteiger charge is -2.17. The monoisotopic (exact) mass is 540 g/mol. The predicted octanol–water partition coefficient (Wildman–Crippen LogP) is 4.69. The van der Waals surface area contributed by atoms with Crippen LogP contribution in [0.25, 0.3) is 22.8 Å². The van der Waals surface area contributed by atoms with E-state index in [0.717, 1.165) is 28.0 Å². The number of hydrogen-bond donors (Lipinski definition) is 3. The molecule has 4 N–H and O–H groups in total. The zero-order valence-electron chi connectivity index (χ0n) is 21.9. The molecule has 2 amide bonds. The first-order chi connectivity index (χ1) is 19.2. The molecule has 1 aromatic heterocycles. The van der Waals surface area contributed by atoms with E-state index in [-0.39, 0.29) is 24.2 Å². The minimum atomic E-state index is -1.27. The molecule has 0 radical (unpaired) electrons. The average molecular weight is 541 g/mol. The molecule has 204 valence electrons. The Kier molecular flexibility index (Phi) is 8.86. The lowest BCUT2D eigenvalue weighted by molar-refractivity contribution is -0.139. The van der Waals surface area contributed by atoms with E-state index in [1.54, 1.807) is 36.8 Å². The predicted molar refractivity (Wildman–Crippen MR) is 150 cm³/mol. The van der Waals surface area contributed by atoms with Crippen LogP contribution in [0.15, 0.2) is 85.3 Å². The summed E-state index contributed by atoms with van der Waals surface area (Å²) >= 11 is 0. The SMILES string of the molecule is Cc1cncn1C/C(=C/c1ccc(C(=O)N[C@@H](CCC(N)=O)C(=O)O)c(-c2ccccc2)c1)c1ccc(F)cc1. The molecule has 0 unspecified atom stereocenters. The van der Waals surface area contributed by atoms with Crippen LogP contribution in [0.3, 0.4) is 0 Å². The number of imidazole rings is 1. The summed E-state index contributed by atoms with van der Waals surface area (Å²) in [5.41, 5.74) is 10.3. The van der Waals surface area contributed by atoms with Crippen LogP contribution < -0.4 is 11.1 Å². The summed E-state index contributed by atoms with van der Waals surface area (Å²) in [5.74, 6) is -2.82. The number of primary amides is 1. The minimum absolute atomic E-state index is 0.118. The molecule has 0 saturated heterocycles.